The zero-order valence-corrected chi connectivity index (χ0v) is 65.0. The molecular formula is C112H70N8. The molecule has 0 aliphatic carbocycles. The first-order valence-electron chi connectivity index (χ1n) is 40.5. The fourth-order valence-electron chi connectivity index (χ4n) is 16.8. The first kappa shape index (κ1) is 70.5. The Balaban J connectivity index is 0.536. The Hall–Kier alpha value is -16.2. The lowest BCUT2D eigenvalue weighted by molar-refractivity contribution is 1.07. The zero-order valence-electron chi connectivity index (χ0n) is 65.0. The van der Waals surface area contributed by atoms with Crippen LogP contribution in [0.4, 0.5) is 0 Å². The monoisotopic (exact) mass is 1530 g/mol. The van der Waals surface area contributed by atoms with Gasteiger partial charge >= 0.3 is 0 Å². The van der Waals surface area contributed by atoms with Crippen molar-refractivity contribution in [2.45, 2.75) is 0 Å². The maximum absolute atomic E-state index is 5.40. The summed E-state index contributed by atoms with van der Waals surface area (Å²) in [6, 6.07) is 150. The normalized spacial score (nSPS) is 11.5. The Morgan fingerprint density at radius 1 is 0.125 bits per heavy atom. The summed E-state index contributed by atoms with van der Waals surface area (Å²) >= 11 is 0. The smallest absolute Gasteiger partial charge is 0.164 e. The van der Waals surface area contributed by atoms with Gasteiger partial charge in [0.2, 0.25) is 0 Å². The molecular weight excluding hydrogens is 1460 g/mol. The molecule has 18 aromatic carbocycles. The van der Waals surface area contributed by atoms with E-state index in [0.717, 1.165) is 177 Å². The van der Waals surface area contributed by atoms with Crippen molar-refractivity contribution in [3.8, 4) is 169 Å². The molecule has 8 nitrogen and oxygen atoms in total. The van der Waals surface area contributed by atoms with Crippen LogP contribution in [0.1, 0.15) is 0 Å². The van der Waals surface area contributed by atoms with Crippen molar-refractivity contribution in [3.05, 3.63) is 425 Å². The third kappa shape index (κ3) is 13.6. The number of hydrogen-bond donors (Lipinski definition) is 0. The Labute approximate surface area is 693 Å². The largest absolute Gasteiger partial charge is 0.248 e. The van der Waals surface area contributed by atoms with Gasteiger partial charge in [-0.25, -0.2) is 39.9 Å². The minimum Gasteiger partial charge on any atom is -0.248 e. The van der Waals surface area contributed by atoms with Crippen molar-refractivity contribution in [2.24, 2.45) is 0 Å². The molecule has 0 N–H and O–H groups in total. The number of rotatable bonds is 15. The van der Waals surface area contributed by atoms with E-state index in [1.807, 2.05) is 12.1 Å². The molecule has 0 aliphatic heterocycles. The zero-order chi connectivity index (χ0) is 79.4. The second-order valence-electron chi connectivity index (χ2n) is 30.6. The number of aromatic nitrogens is 8. The molecule has 0 fully saturated rings. The van der Waals surface area contributed by atoms with Crippen molar-refractivity contribution < 1.29 is 0 Å². The molecule has 22 rings (SSSR count). The highest BCUT2D eigenvalue weighted by atomic mass is 15.0. The molecule has 8 heteroatoms. The van der Waals surface area contributed by atoms with Gasteiger partial charge in [-0.15, -0.1) is 0 Å². The van der Waals surface area contributed by atoms with E-state index in [9.17, 15) is 0 Å². The summed E-state index contributed by atoms with van der Waals surface area (Å²) in [5.74, 6) is 3.62. The van der Waals surface area contributed by atoms with Crippen LogP contribution in [-0.4, -0.2) is 39.9 Å². The topological polar surface area (TPSA) is 103 Å². The fraction of sp³-hybridized carbons (Fsp3) is 0. The lowest BCUT2D eigenvalue weighted by atomic mass is 9.93. The van der Waals surface area contributed by atoms with Crippen molar-refractivity contribution in [2.75, 3.05) is 0 Å². The molecule has 22 aromatic rings. The van der Waals surface area contributed by atoms with Crippen LogP contribution >= 0.6 is 0 Å². The van der Waals surface area contributed by atoms with Crippen LogP contribution in [0, 0.1) is 0 Å². The Kier molecular flexibility index (Phi) is 17.8. The average Bonchev–Trinajstić information content (AvgIpc) is 0.757. The lowest BCUT2D eigenvalue weighted by Crippen LogP contribution is -2.00. The summed E-state index contributed by atoms with van der Waals surface area (Å²) in [5.41, 5.74) is 26.9. The summed E-state index contributed by atoms with van der Waals surface area (Å²) < 4.78 is 0. The third-order valence-corrected chi connectivity index (χ3v) is 23.2. The highest BCUT2D eigenvalue weighted by Gasteiger charge is 2.21. The molecule has 0 radical (unpaired) electrons. The Morgan fingerprint density at radius 2 is 0.350 bits per heavy atom. The second-order valence-corrected chi connectivity index (χ2v) is 30.6. The molecule has 4 aromatic heterocycles. The minimum atomic E-state index is 0.595. The standard InChI is InChI=1S/C112H70N8/c1-4-16-71(17-5-1)74-34-49-87(50-35-74)107-115-108(88-51-36-75(37-52-88)72-18-6-2-7-19-72)117-109(116-107)89-53-38-78(39-54-89)77-32-47-86(48-33-77)104-70-100(106-98-27-15-13-24-83(98)63-65-102(106)114-104)84-43-28-80(29-44-84)92-57-58-94-68-96(61-59-93(94)66-92)112-119-110(118-111(120-112)95-60-42-73-20-10-11-25-91(73)67-95)90-55-40-79(41-56-90)76-30-45-85(46-31-76)103-69-99(81-21-8-3-9-22-81)105-97-26-14-12-23-82(97)62-64-101(105)113-103/h1-70H. The highest BCUT2D eigenvalue weighted by molar-refractivity contribution is 6.15. The van der Waals surface area contributed by atoms with E-state index >= 15 is 0 Å². The Morgan fingerprint density at radius 3 is 0.725 bits per heavy atom. The van der Waals surface area contributed by atoms with Crippen molar-refractivity contribution in [1.29, 1.82) is 0 Å². The van der Waals surface area contributed by atoms with E-state index in [1.54, 1.807) is 0 Å². The van der Waals surface area contributed by atoms with Crippen LogP contribution in [0.5, 0.6) is 0 Å². The molecule has 0 amide bonds. The van der Waals surface area contributed by atoms with E-state index in [-0.39, 0.29) is 0 Å². The van der Waals surface area contributed by atoms with Gasteiger partial charge in [0, 0.05) is 55.3 Å². The number of hydrogen-bond acceptors (Lipinski definition) is 8. The third-order valence-electron chi connectivity index (χ3n) is 23.2. The maximum atomic E-state index is 5.40. The predicted molar refractivity (Wildman–Crippen MR) is 495 cm³/mol. The van der Waals surface area contributed by atoms with Crippen LogP contribution in [0.2, 0.25) is 0 Å². The molecule has 0 atom stereocenters. The van der Waals surface area contributed by atoms with Gasteiger partial charge in [0.1, 0.15) is 0 Å². The fourth-order valence-corrected chi connectivity index (χ4v) is 16.8. The first-order valence-corrected chi connectivity index (χ1v) is 40.5. The van der Waals surface area contributed by atoms with E-state index < -0.39 is 0 Å². The van der Waals surface area contributed by atoms with E-state index in [4.69, 9.17) is 39.9 Å². The molecule has 558 valence electrons. The second kappa shape index (κ2) is 30.2. The van der Waals surface area contributed by atoms with Crippen LogP contribution in [0.25, 0.3) is 234 Å². The van der Waals surface area contributed by atoms with Gasteiger partial charge in [0.25, 0.3) is 0 Å². The van der Waals surface area contributed by atoms with Crippen LogP contribution < -0.4 is 0 Å². The van der Waals surface area contributed by atoms with Gasteiger partial charge in [-0.05, 0) is 163 Å². The highest BCUT2D eigenvalue weighted by Crippen LogP contribution is 2.42. The summed E-state index contributed by atoms with van der Waals surface area (Å²) in [6.45, 7) is 0. The van der Waals surface area contributed by atoms with Crippen LogP contribution in [0.15, 0.2) is 425 Å². The molecule has 120 heavy (non-hydrogen) atoms. The summed E-state index contributed by atoms with van der Waals surface area (Å²) in [5, 5.41) is 11.5. The SMILES string of the molecule is c1ccc(-c2ccc(-c3nc(-c4ccc(-c5ccccc5)cc4)nc(-c4ccc(-c5ccc(-c6cc(-c7ccc(-c8ccc9cc(-c%10nc(-c%11ccc(-c%12ccc(-c%13cc(-c%14ccccc%14)c%14c(ccc%15ccccc%15%14)n%13)cc%12)cc%11)nc(-c%11ccc%12ccccc%12c%11)n%10)ccc9c8)cc7)c7c(ccc8ccccc87)n6)cc5)cc4)n3)cc2)cc1. The molecule has 0 aliphatic rings. The number of nitrogens with zero attached hydrogens (tertiary/aromatic N) is 8. The van der Waals surface area contributed by atoms with Crippen molar-refractivity contribution in [1.82, 2.24) is 39.9 Å². The van der Waals surface area contributed by atoms with Crippen molar-refractivity contribution >= 4 is 64.9 Å². The summed E-state index contributed by atoms with van der Waals surface area (Å²) in [7, 11) is 0. The quantitative estimate of drug-likeness (QED) is 0.0935. The van der Waals surface area contributed by atoms with Crippen LogP contribution in [-0.2, 0) is 0 Å². The van der Waals surface area contributed by atoms with E-state index in [1.165, 1.54) is 21.7 Å². The maximum Gasteiger partial charge on any atom is 0.164 e. The molecule has 4 heterocycles. The van der Waals surface area contributed by atoms with E-state index in [0.29, 0.717) is 34.9 Å². The number of benzene rings is 18. The van der Waals surface area contributed by atoms with Gasteiger partial charge < -0.3 is 0 Å². The van der Waals surface area contributed by atoms with Crippen molar-refractivity contribution in [3.63, 3.8) is 0 Å². The predicted octanol–water partition coefficient (Wildman–Crippen LogP) is 28.8. The molecule has 0 unspecified atom stereocenters. The molecule has 0 spiro atoms. The minimum absolute atomic E-state index is 0.595. The van der Waals surface area contributed by atoms with Gasteiger partial charge in [-0.3, -0.25) is 0 Å². The molecule has 0 saturated carbocycles. The molecule has 0 bridgehead atoms. The van der Waals surface area contributed by atoms with Gasteiger partial charge in [-0.2, -0.15) is 0 Å². The average molecular weight is 1530 g/mol. The van der Waals surface area contributed by atoms with Gasteiger partial charge in [0.05, 0.1) is 22.4 Å². The first-order chi connectivity index (χ1) is 59.4. The molecule has 0 saturated heterocycles. The van der Waals surface area contributed by atoms with Gasteiger partial charge in [0.15, 0.2) is 34.9 Å². The van der Waals surface area contributed by atoms with Gasteiger partial charge in [-0.1, -0.05) is 382 Å². The lowest BCUT2D eigenvalue weighted by Gasteiger charge is -2.14. The number of pyridine rings is 2. The number of fused-ring (bicyclic) bond motifs is 8. The Bertz CT molecular complexity index is 7580. The van der Waals surface area contributed by atoms with E-state index in [2.05, 4.69) is 413 Å². The van der Waals surface area contributed by atoms with Crippen LogP contribution in [0.3, 0.4) is 0 Å². The summed E-state index contributed by atoms with van der Waals surface area (Å²) in [6.07, 6.45) is 0. The summed E-state index contributed by atoms with van der Waals surface area (Å²) in [4.78, 5) is 41.7.